The van der Waals surface area contributed by atoms with Gasteiger partial charge in [0.1, 0.15) is 0 Å². The molecule has 0 bridgehead atoms. The van der Waals surface area contributed by atoms with Crippen LogP contribution in [0.4, 0.5) is 0 Å². The third kappa shape index (κ3) is 5.13. The van der Waals surface area contributed by atoms with E-state index < -0.39 is 8.32 Å². The van der Waals surface area contributed by atoms with Crippen molar-refractivity contribution in [3.05, 3.63) is 35.9 Å². The Kier molecular flexibility index (Phi) is 6.68. The first-order valence-electron chi connectivity index (χ1n) is 8.65. The first kappa shape index (κ1) is 20.1. The molecule has 0 unspecified atom stereocenters. The van der Waals surface area contributed by atoms with Gasteiger partial charge in [-0.05, 0) is 36.1 Å². The van der Waals surface area contributed by atoms with Crippen LogP contribution in [-0.2, 0) is 4.43 Å². The Morgan fingerprint density at radius 2 is 1.75 bits per heavy atom. The molecule has 1 aliphatic heterocycles. The number of carbonyl (C=O) groups is 1. The number of ketones is 1. The molecule has 0 atom stereocenters. The van der Waals surface area contributed by atoms with Gasteiger partial charge in [-0.3, -0.25) is 4.79 Å². The summed E-state index contributed by atoms with van der Waals surface area (Å²) >= 11 is 3.85. The lowest BCUT2D eigenvalue weighted by Crippen LogP contribution is -2.45. The maximum Gasteiger partial charge on any atom is 0.192 e. The first-order valence-corrected chi connectivity index (χ1v) is 13.5. The molecular weight excluding hydrogens is 352 g/mol. The molecule has 1 aromatic rings. The summed E-state index contributed by atoms with van der Waals surface area (Å²) in [6.07, 6.45) is 1.78. The van der Waals surface area contributed by atoms with Gasteiger partial charge >= 0.3 is 0 Å². The molecule has 0 aromatic heterocycles. The average Bonchev–Trinajstić information content (AvgIpc) is 2.54. The first-order chi connectivity index (χ1) is 11.2. The predicted octanol–water partition coefficient (Wildman–Crippen LogP) is 5.85. The number of benzene rings is 1. The molecule has 134 valence electrons. The molecule has 0 N–H and O–H groups in total. The van der Waals surface area contributed by atoms with Crippen molar-refractivity contribution in [3.8, 4) is 0 Å². The molecule has 2 nitrogen and oxygen atoms in total. The molecule has 1 fully saturated rings. The molecular formula is C19H30O2S2Si. The maximum absolute atomic E-state index is 12.8. The molecule has 0 spiro atoms. The maximum atomic E-state index is 12.8. The van der Waals surface area contributed by atoms with E-state index in [2.05, 4.69) is 33.9 Å². The number of hydrogen-bond acceptors (Lipinski definition) is 4. The largest absolute Gasteiger partial charge is 0.415 e. The van der Waals surface area contributed by atoms with Crippen LogP contribution in [0.5, 0.6) is 0 Å². The summed E-state index contributed by atoms with van der Waals surface area (Å²) in [5.74, 6) is 2.47. The van der Waals surface area contributed by atoms with Crippen LogP contribution in [-0.4, -0.2) is 36.3 Å². The average molecular weight is 383 g/mol. The molecule has 0 radical (unpaired) electrons. The Bertz CT molecular complexity index is 546. The molecule has 1 heterocycles. The van der Waals surface area contributed by atoms with E-state index in [1.165, 1.54) is 6.42 Å². The second kappa shape index (κ2) is 7.98. The minimum absolute atomic E-state index is 0.124. The van der Waals surface area contributed by atoms with Gasteiger partial charge in [0.2, 0.25) is 0 Å². The second-order valence-corrected chi connectivity index (χ2v) is 16.0. The van der Waals surface area contributed by atoms with Gasteiger partial charge in [0, 0.05) is 12.0 Å². The fraction of sp³-hybridized carbons (Fsp3) is 0.632. The number of thioether (sulfide) groups is 2. The molecule has 0 aliphatic carbocycles. The molecule has 1 saturated heterocycles. The highest BCUT2D eigenvalue weighted by molar-refractivity contribution is 8.18. The van der Waals surface area contributed by atoms with E-state index in [0.717, 1.165) is 17.1 Å². The number of hydrogen-bond donors (Lipinski definition) is 0. The summed E-state index contributed by atoms with van der Waals surface area (Å²) in [4.78, 5) is 12.8. The molecule has 0 saturated carbocycles. The Labute approximate surface area is 156 Å². The highest BCUT2D eigenvalue weighted by Crippen LogP contribution is 2.47. The summed E-state index contributed by atoms with van der Waals surface area (Å²) in [6.45, 7) is 12.1. The zero-order chi connectivity index (χ0) is 17.8. The third-order valence-electron chi connectivity index (χ3n) is 5.00. The van der Waals surface area contributed by atoms with Crippen molar-refractivity contribution >= 4 is 37.6 Å². The summed E-state index contributed by atoms with van der Waals surface area (Å²) in [5, 5.41) is 0.196. The number of Topliss-reactive ketones (excluding diaryl/α,β-unsaturated/α-hetero) is 1. The summed E-state index contributed by atoms with van der Waals surface area (Å²) < 4.78 is 6.39. The minimum Gasteiger partial charge on any atom is -0.415 e. The van der Waals surface area contributed by atoms with Gasteiger partial charge in [-0.1, -0.05) is 51.1 Å². The lowest BCUT2D eigenvalue weighted by molar-refractivity contribution is 0.0970. The van der Waals surface area contributed by atoms with E-state index >= 15 is 0 Å². The molecule has 5 heteroatoms. The molecule has 24 heavy (non-hydrogen) atoms. The highest BCUT2D eigenvalue weighted by atomic mass is 32.2. The normalized spacial score (nSPS) is 18.4. The van der Waals surface area contributed by atoms with Crippen LogP contribution in [0.25, 0.3) is 0 Å². The lowest BCUT2D eigenvalue weighted by Gasteiger charge is -2.42. The molecule has 1 aromatic carbocycles. The van der Waals surface area contributed by atoms with Gasteiger partial charge in [-0.25, -0.2) is 0 Å². The quantitative estimate of drug-likeness (QED) is 0.455. The van der Waals surface area contributed by atoms with E-state index in [-0.39, 0.29) is 14.9 Å². The third-order valence-corrected chi connectivity index (χ3v) is 12.8. The molecule has 0 amide bonds. The molecule has 2 rings (SSSR count). The zero-order valence-corrected chi connectivity index (χ0v) is 18.2. The Morgan fingerprint density at radius 3 is 2.29 bits per heavy atom. The van der Waals surface area contributed by atoms with Gasteiger partial charge in [0.25, 0.3) is 0 Å². The van der Waals surface area contributed by atoms with Gasteiger partial charge in [0.15, 0.2) is 14.1 Å². The highest BCUT2D eigenvalue weighted by Gasteiger charge is 2.42. The van der Waals surface area contributed by atoms with E-state index in [1.54, 1.807) is 0 Å². The predicted molar refractivity (Wildman–Crippen MR) is 111 cm³/mol. The van der Waals surface area contributed by atoms with Gasteiger partial charge in [-0.2, -0.15) is 0 Å². The van der Waals surface area contributed by atoms with E-state index in [4.69, 9.17) is 4.43 Å². The lowest BCUT2D eigenvalue weighted by atomic mass is 10.1. The van der Waals surface area contributed by atoms with E-state index in [0.29, 0.717) is 13.0 Å². The van der Waals surface area contributed by atoms with Crippen LogP contribution in [0.3, 0.4) is 0 Å². The number of carbonyl (C=O) groups excluding carboxylic acids is 1. The van der Waals surface area contributed by atoms with Crippen LogP contribution in [0, 0.1) is 0 Å². The van der Waals surface area contributed by atoms with Crippen molar-refractivity contribution in [1.82, 2.24) is 0 Å². The van der Waals surface area contributed by atoms with Crippen LogP contribution in [0.1, 0.15) is 44.0 Å². The smallest absolute Gasteiger partial charge is 0.192 e. The zero-order valence-electron chi connectivity index (χ0n) is 15.6. The summed E-state index contributed by atoms with van der Waals surface area (Å²) in [5.41, 5.74) is 0.816. The van der Waals surface area contributed by atoms with Crippen molar-refractivity contribution in [3.63, 3.8) is 0 Å². The van der Waals surface area contributed by atoms with Crippen LogP contribution in [0.2, 0.25) is 18.1 Å². The van der Waals surface area contributed by atoms with Crippen LogP contribution >= 0.6 is 23.5 Å². The fourth-order valence-corrected chi connectivity index (χ4v) is 6.67. The second-order valence-electron chi connectivity index (χ2n) is 7.98. The monoisotopic (exact) mass is 382 g/mol. The summed E-state index contributed by atoms with van der Waals surface area (Å²) in [7, 11) is -1.80. The Morgan fingerprint density at radius 1 is 1.17 bits per heavy atom. The van der Waals surface area contributed by atoms with Gasteiger partial charge in [0.05, 0.1) is 10.7 Å². The van der Waals surface area contributed by atoms with Crippen molar-refractivity contribution in [2.24, 2.45) is 0 Å². The topological polar surface area (TPSA) is 26.3 Å². The van der Waals surface area contributed by atoms with Gasteiger partial charge < -0.3 is 4.43 Å². The van der Waals surface area contributed by atoms with Crippen molar-refractivity contribution in [2.45, 2.75) is 55.8 Å². The van der Waals surface area contributed by atoms with E-state index in [9.17, 15) is 4.79 Å². The van der Waals surface area contributed by atoms with E-state index in [1.807, 2.05) is 53.9 Å². The van der Waals surface area contributed by atoms with Crippen LogP contribution < -0.4 is 0 Å². The minimum atomic E-state index is -1.80. The SMILES string of the molecule is CC(C)(C)[Si](C)(C)OCC1(CC(=O)c2ccccc2)SCCCS1. The van der Waals surface area contributed by atoms with Crippen molar-refractivity contribution < 1.29 is 9.22 Å². The fourth-order valence-electron chi connectivity index (χ4n) is 2.33. The van der Waals surface area contributed by atoms with Crippen molar-refractivity contribution in [1.29, 1.82) is 0 Å². The Balaban J connectivity index is 2.11. The summed E-state index contributed by atoms with van der Waals surface area (Å²) in [6, 6.07) is 9.67. The van der Waals surface area contributed by atoms with Crippen LogP contribution in [0.15, 0.2) is 30.3 Å². The molecule has 1 aliphatic rings. The Hall–Kier alpha value is -0.233. The van der Waals surface area contributed by atoms with Gasteiger partial charge in [-0.15, -0.1) is 23.5 Å². The standard InChI is InChI=1S/C19H30O2S2Si/c1-18(2,3)24(4,5)21-15-19(22-12-9-13-23-19)14-17(20)16-10-7-6-8-11-16/h6-8,10-11H,9,12-15H2,1-5H3. The number of rotatable bonds is 6. The van der Waals surface area contributed by atoms with Crippen molar-refractivity contribution in [2.75, 3.05) is 18.1 Å².